The SMILES string of the molecule is O=C(CO)OC[SiH2]CS. The maximum Gasteiger partial charge on any atom is 0.331 e. The van der Waals surface area contributed by atoms with Crippen molar-refractivity contribution in [1.82, 2.24) is 0 Å². The van der Waals surface area contributed by atoms with Crippen molar-refractivity contribution in [2.24, 2.45) is 0 Å². The summed E-state index contributed by atoms with van der Waals surface area (Å²) in [6.07, 6.45) is 0.489. The minimum Gasteiger partial charge on any atom is -0.468 e. The number of ether oxygens (including phenoxy) is 1. The quantitative estimate of drug-likeness (QED) is 0.232. The molecule has 0 heterocycles. The van der Waals surface area contributed by atoms with Gasteiger partial charge in [0.1, 0.15) is 6.61 Å². The molecule has 0 radical (unpaired) electrons. The van der Waals surface area contributed by atoms with Crippen LogP contribution in [-0.2, 0) is 9.53 Å². The Morgan fingerprint density at radius 3 is 2.89 bits per heavy atom. The molecular formula is C4H10O3SSi. The predicted molar refractivity (Wildman–Crippen MR) is 40.4 cm³/mol. The molecule has 0 bridgehead atoms. The van der Waals surface area contributed by atoms with Crippen molar-refractivity contribution in [1.29, 1.82) is 0 Å². The second kappa shape index (κ2) is 6.12. The highest BCUT2D eigenvalue weighted by Gasteiger charge is 1.96. The molecule has 0 unspecified atom stereocenters. The van der Waals surface area contributed by atoms with Crippen molar-refractivity contribution >= 4 is 28.1 Å². The molecule has 54 valence electrons. The van der Waals surface area contributed by atoms with Crippen molar-refractivity contribution in [3.8, 4) is 0 Å². The van der Waals surface area contributed by atoms with Crippen molar-refractivity contribution in [2.45, 2.75) is 0 Å². The lowest BCUT2D eigenvalue weighted by atomic mass is 10.8. The summed E-state index contributed by atoms with van der Waals surface area (Å²) >= 11 is 3.96. The van der Waals surface area contributed by atoms with Crippen LogP contribution in [0.4, 0.5) is 0 Å². The van der Waals surface area contributed by atoms with E-state index >= 15 is 0 Å². The Kier molecular flexibility index (Phi) is 6.12. The number of hydrogen-bond acceptors (Lipinski definition) is 4. The van der Waals surface area contributed by atoms with E-state index in [1.165, 1.54) is 0 Å². The van der Waals surface area contributed by atoms with Crippen molar-refractivity contribution in [3.63, 3.8) is 0 Å². The lowest BCUT2D eigenvalue weighted by Gasteiger charge is -1.98. The average molecular weight is 166 g/mol. The maximum atomic E-state index is 10.2. The second-order valence-electron chi connectivity index (χ2n) is 1.46. The van der Waals surface area contributed by atoms with Crippen LogP contribution >= 0.6 is 12.6 Å². The van der Waals surface area contributed by atoms with Gasteiger partial charge in [0.25, 0.3) is 0 Å². The van der Waals surface area contributed by atoms with Crippen LogP contribution in [0.1, 0.15) is 0 Å². The second-order valence-corrected chi connectivity index (χ2v) is 4.36. The zero-order valence-electron chi connectivity index (χ0n) is 5.04. The number of aliphatic hydroxyl groups is 1. The minimum atomic E-state index is -0.538. The van der Waals surface area contributed by atoms with Gasteiger partial charge in [0, 0.05) is 0 Å². The van der Waals surface area contributed by atoms with E-state index in [9.17, 15) is 4.79 Å². The van der Waals surface area contributed by atoms with Crippen LogP contribution in [0.5, 0.6) is 0 Å². The van der Waals surface area contributed by atoms with Gasteiger partial charge >= 0.3 is 5.97 Å². The Hall–Kier alpha value is -0.00312. The van der Waals surface area contributed by atoms with Gasteiger partial charge in [-0.1, -0.05) is 0 Å². The molecule has 0 aliphatic carbocycles. The number of carbonyl (C=O) groups excluding carboxylic acids is 1. The monoisotopic (exact) mass is 166 g/mol. The van der Waals surface area contributed by atoms with Gasteiger partial charge in [0.15, 0.2) is 0 Å². The fourth-order valence-corrected chi connectivity index (χ4v) is 1.18. The van der Waals surface area contributed by atoms with Gasteiger partial charge in [-0.25, -0.2) is 4.79 Å². The maximum absolute atomic E-state index is 10.2. The molecule has 0 amide bonds. The van der Waals surface area contributed by atoms with Gasteiger partial charge in [0.2, 0.25) is 0 Å². The van der Waals surface area contributed by atoms with Gasteiger partial charge in [0.05, 0.1) is 15.7 Å². The fourth-order valence-electron chi connectivity index (χ4n) is 0.296. The smallest absolute Gasteiger partial charge is 0.331 e. The number of hydrogen-bond donors (Lipinski definition) is 2. The third-order valence-electron chi connectivity index (χ3n) is 0.695. The first-order valence-electron chi connectivity index (χ1n) is 2.68. The molecule has 9 heavy (non-hydrogen) atoms. The first-order chi connectivity index (χ1) is 4.31. The molecule has 0 saturated heterocycles. The normalized spacial score (nSPS) is 10.4. The van der Waals surface area contributed by atoms with E-state index < -0.39 is 12.6 Å². The number of carbonyl (C=O) groups is 1. The third kappa shape index (κ3) is 5.87. The zero-order valence-corrected chi connectivity index (χ0v) is 7.35. The molecule has 0 rings (SSSR count). The van der Waals surface area contributed by atoms with Gasteiger partial charge in [-0.3, -0.25) is 0 Å². The minimum absolute atomic E-state index is 0.320. The van der Waals surface area contributed by atoms with E-state index in [0.717, 1.165) is 5.38 Å². The first kappa shape index (κ1) is 9.00. The number of esters is 1. The van der Waals surface area contributed by atoms with E-state index in [4.69, 9.17) is 5.11 Å². The molecule has 0 spiro atoms. The van der Waals surface area contributed by atoms with E-state index in [1.807, 2.05) is 0 Å². The van der Waals surface area contributed by atoms with Gasteiger partial charge in [-0.15, -0.1) is 0 Å². The number of aliphatic hydroxyl groups excluding tert-OH is 1. The van der Waals surface area contributed by atoms with Crippen LogP contribution in [0.3, 0.4) is 0 Å². The molecule has 0 saturated carbocycles. The number of rotatable bonds is 4. The zero-order chi connectivity index (χ0) is 7.11. The van der Waals surface area contributed by atoms with E-state index in [1.54, 1.807) is 0 Å². The van der Waals surface area contributed by atoms with E-state index in [0.29, 0.717) is 6.23 Å². The average Bonchev–Trinajstić information content (AvgIpc) is 1.89. The van der Waals surface area contributed by atoms with E-state index in [-0.39, 0.29) is 9.52 Å². The van der Waals surface area contributed by atoms with Crippen LogP contribution in [-0.4, -0.2) is 38.8 Å². The topological polar surface area (TPSA) is 46.5 Å². The van der Waals surface area contributed by atoms with E-state index in [2.05, 4.69) is 17.4 Å². The molecule has 0 fully saturated rings. The van der Waals surface area contributed by atoms with Gasteiger partial charge in [-0.2, -0.15) is 12.6 Å². The van der Waals surface area contributed by atoms with Crippen molar-refractivity contribution in [3.05, 3.63) is 0 Å². The Balaban J connectivity index is 2.97. The highest BCUT2D eigenvalue weighted by molar-refractivity contribution is 7.81. The lowest BCUT2D eigenvalue weighted by molar-refractivity contribution is -0.144. The Bertz CT molecular complexity index is 87.9. The molecular weight excluding hydrogens is 156 g/mol. The Labute approximate surface area is 61.6 Å². The molecule has 5 heteroatoms. The van der Waals surface area contributed by atoms with Crippen molar-refractivity contribution in [2.75, 3.05) is 18.2 Å². The fraction of sp³-hybridized carbons (Fsp3) is 0.750. The van der Waals surface area contributed by atoms with Gasteiger partial charge in [-0.05, 0) is 5.38 Å². The molecule has 0 aromatic carbocycles. The summed E-state index contributed by atoms with van der Waals surface area (Å²) < 4.78 is 4.56. The summed E-state index contributed by atoms with van der Waals surface area (Å²) in [5, 5.41) is 8.99. The predicted octanol–water partition coefficient (Wildman–Crippen LogP) is -1.46. The highest BCUT2D eigenvalue weighted by atomic mass is 32.1. The Morgan fingerprint density at radius 1 is 1.78 bits per heavy atom. The van der Waals surface area contributed by atoms with Crippen molar-refractivity contribution < 1.29 is 14.6 Å². The summed E-state index contributed by atoms with van der Waals surface area (Å²) in [6.45, 7) is -0.513. The molecule has 0 aromatic heterocycles. The molecule has 3 nitrogen and oxygen atoms in total. The highest BCUT2D eigenvalue weighted by Crippen LogP contribution is 1.76. The standard InChI is InChI=1S/C4H10O3SSi/c5-1-4(6)7-2-9-3-8/h5,8H,1-3,9H2. The summed E-state index contributed by atoms with van der Waals surface area (Å²) in [5.74, 6) is -0.538. The summed E-state index contributed by atoms with van der Waals surface area (Å²) in [6, 6.07) is 0. The van der Waals surface area contributed by atoms with Crippen LogP contribution in [0.25, 0.3) is 0 Å². The molecule has 0 aromatic rings. The molecule has 0 aliphatic heterocycles. The third-order valence-corrected chi connectivity index (χ3v) is 2.45. The number of thiol groups is 1. The largest absolute Gasteiger partial charge is 0.468 e. The first-order valence-corrected chi connectivity index (χ1v) is 5.32. The van der Waals surface area contributed by atoms with Crippen LogP contribution in [0.2, 0.25) is 0 Å². The molecule has 1 N–H and O–H groups in total. The summed E-state index contributed by atoms with van der Waals surface area (Å²) in [5.41, 5.74) is 0. The molecule has 0 aliphatic rings. The van der Waals surface area contributed by atoms with Crippen LogP contribution in [0.15, 0.2) is 0 Å². The Morgan fingerprint density at radius 2 is 2.44 bits per heavy atom. The summed E-state index contributed by atoms with van der Waals surface area (Å²) in [7, 11) is -0.320. The lowest BCUT2D eigenvalue weighted by Crippen LogP contribution is -2.14. The van der Waals surface area contributed by atoms with Crippen LogP contribution < -0.4 is 0 Å². The molecule has 0 atom stereocenters. The summed E-state index contributed by atoms with van der Waals surface area (Å²) in [4.78, 5) is 10.2. The van der Waals surface area contributed by atoms with Crippen LogP contribution in [0, 0.1) is 0 Å². The van der Waals surface area contributed by atoms with Gasteiger partial charge < -0.3 is 9.84 Å².